The van der Waals surface area contributed by atoms with Gasteiger partial charge in [0.25, 0.3) is 0 Å². The molecule has 0 spiro atoms. The average molecular weight is 264 g/mol. The number of rotatable bonds is 5. The van der Waals surface area contributed by atoms with E-state index in [9.17, 15) is 0 Å². The van der Waals surface area contributed by atoms with Gasteiger partial charge in [-0.3, -0.25) is 4.90 Å². The minimum Gasteiger partial charge on any atom is -0.329 e. The van der Waals surface area contributed by atoms with Gasteiger partial charge in [-0.15, -0.1) is 0 Å². The van der Waals surface area contributed by atoms with Crippen molar-refractivity contribution in [3.05, 3.63) is 0 Å². The average Bonchev–Trinajstić information content (AvgIpc) is 2.40. The molecule has 2 nitrogen and oxygen atoms in total. The molecule has 0 aliphatic heterocycles. The van der Waals surface area contributed by atoms with Gasteiger partial charge in [-0.2, -0.15) is 0 Å². The largest absolute Gasteiger partial charge is 0.329 e. The van der Waals surface area contributed by atoms with Crippen LogP contribution in [0.4, 0.5) is 0 Å². The highest BCUT2D eigenvalue weighted by Gasteiger charge is 2.58. The molecular formula is C17H32N2. The molecule has 0 aromatic heterocycles. The Kier molecular flexibility index (Phi) is 3.68. The Hall–Kier alpha value is -0.0800. The summed E-state index contributed by atoms with van der Waals surface area (Å²) in [6.07, 6.45) is 9.93. The molecule has 4 saturated carbocycles. The fourth-order valence-electron chi connectivity index (χ4n) is 6.23. The number of hydrogen-bond donors (Lipinski definition) is 1. The van der Waals surface area contributed by atoms with Gasteiger partial charge in [0.1, 0.15) is 0 Å². The van der Waals surface area contributed by atoms with Crippen molar-refractivity contribution >= 4 is 0 Å². The molecule has 4 aliphatic rings. The van der Waals surface area contributed by atoms with Crippen molar-refractivity contribution in [3.8, 4) is 0 Å². The predicted octanol–water partition coefficient (Wildman–Crippen LogP) is 3.26. The second-order valence-electron chi connectivity index (χ2n) is 7.58. The molecular weight excluding hydrogens is 232 g/mol. The molecule has 0 aromatic rings. The van der Waals surface area contributed by atoms with Crippen LogP contribution in [0, 0.1) is 23.7 Å². The lowest BCUT2D eigenvalue weighted by molar-refractivity contribution is -0.136. The van der Waals surface area contributed by atoms with Gasteiger partial charge >= 0.3 is 0 Å². The van der Waals surface area contributed by atoms with Crippen molar-refractivity contribution in [2.24, 2.45) is 29.4 Å². The lowest BCUT2D eigenvalue weighted by Gasteiger charge is -2.65. The Bertz CT molecular complexity index is 293. The van der Waals surface area contributed by atoms with E-state index in [0.717, 1.165) is 36.3 Å². The van der Waals surface area contributed by atoms with E-state index >= 15 is 0 Å². The zero-order valence-corrected chi connectivity index (χ0v) is 13.1. The fraction of sp³-hybridized carbons (Fsp3) is 1.00. The lowest BCUT2D eigenvalue weighted by Crippen LogP contribution is -2.70. The Morgan fingerprint density at radius 1 is 1.00 bits per heavy atom. The maximum atomic E-state index is 6.40. The van der Waals surface area contributed by atoms with Gasteiger partial charge < -0.3 is 5.73 Å². The number of likely N-dealkylation sites (N-methyl/N-ethyl adjacent to an activating group) is 1. The van der Waals surface area contributed by atoms with Gasteiger partial charge in [-0.1, -0.05) is 13.8 Å². The summed E-state index contributed by atoms with van der Waals surface area (Å²) in [5.74, 6) is 3.85. The van der Waals surface area contributed by atoms with Gasteiger partial charge in [0, 0.05) is 18.1 Å². The van der Waals surface area contributed by atoms with Crippen molar-refractivity contribution in [2.75, 3.05) is 13.6 Å². The van der Waals surface area contributed by atoms with Crippen LogP contribution < -0.4 is 5.73 Å². The minimum atomic E-state index is 0.337. The van der Waals surface area contributed by atoms with E-state index in [1.54, 1.807) is 0 Å². The normalized spacial score (nSPS) is 44.5. The van der Waals surface area contributed by atoms with E-state index in [1.807, 2.05) is 0 Å². The number of hydrogen-bond acceptors (Lipinski definition) is 2. The van der Waals surface area contributed by atoms with E-state index in [1.165, 1.54) is 44.9 Å². The molecule has 4 aliphatic carbocycles. The van der Waals surface area contributed by atoms with Crippen LogP contribution in [0.3, 0.4) is 0 Å². The summed E-state index contributed by atoms with van der Waals surface area (Å²) in [7, 11) is 2.38. The van der Waals surface area contributed by atoms with Crippen molar-refractivity contribution in [1.29, 1.82) is 0 Å². The van der Waals surface area contributed by atoms with Crippen LogP contribution in [0.15, 0.2) is 0 Å². The van der Waals surface area contributed by atoms with Gasteiger partial charge in [-0.25, -0.2) is 0 Å². The van der Waals surface area contributed by atoms with Crippen LogP contribution >= 0.6 is 0 Å². The maximum Gasteiger partial charge on any atom is 0.0388 e. The molecule has 0 unspecified atom stereocenters. The van der Waals surface area contributed by atoms with Gasteiger partial charge in [-0.05, 0) is 75.7 Å². The number of nitrogens with two attached hydrogens (primary N) is 1. The van der Waals surface area contributed by atoms with Crippen LogP contribution in [0.5, 0.6) is 0 Å². The second kappa shape index (κ2) is 5.04. The molecule has 4 fully saturated rings. The number of nitrogens with zero attached hydrogens (tertiary/aromatic N) is 1. The van der Waals surface area contributed by atoms with Crippen molar-refractivity contribution < 1.29 is 0 Å². The molecule has 0 amide bonds. The lowest BCUT2D eigenvalue weighted by atomic mass is 9.48. The van der Waals surface area contributed by atoms with Crippen molar-refractivity contribution in [2.45, 2.75) is 70.4 Å². The Morgan fingerprint density at radius 3 is 1.84 bits per heavy atom. The summed E-state index contributed by atoms with van der Waals surface area (Å²) >= 11 is 0. The topological polar surface area (TPSA) is 29.3 Å². The zero-order valence-electron chi connectivity index (χ0n) is 13.1. The van der Waals surface area contributed by atoms with Gasteiger partial charge in [0.2, 0.25) is 0 Å². The van der Waals surface area contributed by atoms with E-state index < -0.39 is 0 Å². The molecule has 0 atom stereocenters. The van der Waals surface area contributed by atoms with Crippen LogP contribution in [-0.4, -0.2) is 30.1 Å². The van der Waals surface area contributed by atoms with Gasteiger partial charge in [0.15, 0.2) is 0 Å². The Labute approximate surface area is 119 Å². The molecule has 2 N–H and O–H groups in total. The molecule has 0 heterocycles. The summed E-state index contributed by atoms with van der Waals surface area (Å²) in [6, 6.07) is 0.723. The van der Waals surface area contributed by atoms with Crippen LogP contribution in [-0.2, 0) is 0 Å². The highest BCUT2D eigenvalue weighted by molar-refractivity contribution is 5.12. The molecule has 0 aromatic carbocycles. The molecule has 2 heteroatoms. The molecule has 0 saturated heterocycles. The van der Waals surface area contributed by atoms with E-state index in [-0.39, 0.29) is 0 Å². The first-order chi connectivity index (χ1) is 9.15. The SMILES string of the molecule is CCC(CC)N(C)C1(CN)C2CC3CC(C2)CC1C3. The summed E-state index contributed by atoms with van der Waals surface area (Å²) in [5, 5.41) is 0. The first-order valence-corrected chi connectivity index (χ1v) is 8.58. The zero-order chi connectivity index (χ0) is 13.6. The summed E-state index contributed by atoms with van der Waals surface area (Å²) < 4.78 is 0. The van der Waals surface area contributed by atoms with Gasteiger partial charge in [0.05, 0.1) is 0 Å². The van der Waals surface area contributed by atoms with E-state index in [4.69, 9.17) is 5.73 Å². The minimum absolute atomic E-state index is 0.337. The Morgan fingerprint density at radius 2 is 1.47 bits per heavy atom. The molecule has 4 rings (SSSR count). The third-order valence-electron chi connectivity index (χ3n) is 7.03. The monoisotopic (exact) mass is 264 g/mol. The van der Waals surface area contributed by atoms with Crippen molar-refractivity contribution in [3.63, 3.8) is 0 Å². The standard InChI is InChI=1S/C17H32N2/c1-4-16(5-2)19(3)17(11-18)14-7-12-6-13(9-14)10-15(17)8-12/h12-16H,4-11,18H2,1-3H3. The first-order valence-electron chi connectivity index (χ1n) is 8.58. The van der Waals surface area contributed by atoms with Crippen molar-refractivity contribution in [1.82, 2.24) is 4.90 Å². The molecule has 4 bridgehead atoms. The first kappa shape index (κ1) is 13.9. The van der Waals surface area contributed by atoms with Crippen LogP contribution in [0.25, 0.3) is 0 Å². The molecule has 0 radical (unpaired) electrons. The third kappa shape index (κ3) is 1.90. The third-order valence-corrected chi connectivity index (χ3v) is 7.03. The second-order valence-corrected chi connectivity index (χ2v) is 7.58. The van der Waals surface area contributed by atoms with Crippen LogP contribution in [0.2, 0.25) is 0 Å². The highest BCUT2D eigenvalue weighted by Crippen LogP contribution is 2.60. The van der Waals surface area contributed by atoms with E-state index in [0.29, 0.717) is 5.54 Å². The molecule has 110 valence electrons. The quantitative estimate of drug-likeness (QED) is 0.826. The smallest absolute Gasteiger partial charge is 0.0388 e. The highest BCUT2D eigenvalue weighted by atomic mass is 15.2. The predicted molar refractivity (Wildman–Crippen MR) is 81.0 cm³/mol. The summed E-state index contributed by atoms with van der Waals surface area (Å²) in [6.45, 7) is 5.56. The molecule has 19 heavy (non-hydrogen) atoms. The fourth-order valence-corrected chi connectivity index (χ4v) is 6.23. The summed E-state index contributed by atoms with van der Waals surface area (Å²) in [5.41, 5.74) is 6.73. The van der Waals surface area contributed by atoms with Crippen LogP contribution in [0.1, 0.15) is 58.8 Å². The summed E-state index contributed by atoms with van der Waals surface area (Å²) in [4.78, 5) is 2.74. The Balaban J connectivity index is 1.90. The maximum absolute atomic E-state index is 6.40. The van der Waals surface area contributed by atoms with E-state index in [2.05, 4.69) is 25.8 Å².